The number of carbonyl (C=O) groups excluding carboxylic acids is 2. The number of nitrogens with one attached hydrogen (secondary N) is 1. The van der Waals surface area contributed by atoms with Crippen molar-refractivity contribution in [2.45, 2.75) is 25.4 Å². The molecule has 6 heteroatoms. The summed E-state index contributed by atoms with van der Waals surface area (Å²) >= 11 is 0. The molecule has 2 heterocycles. The van der Waals surface area contributed by atoms with Gasteiger partial charge in [0.1, 0.15) is 5.75 Å². The Morgan fingerprint density at radius 1 is 1.10 bits per heavy atom. The fourth-order valence-electron chi connectivity index (χ4n) is 3.78. The second-order valence-electron chi connectivity index (χ2n) is 7.23. The normalized spacial score (nSPS) is 16.1. The second-order valence-corrected chi connectivity index (χ2v) is 7.23. The van der Waals surface area contributed by atoms with Crippen LogP contribution in [-0.2, 0) is 4.79 Å². The molecule has 0 saturated heterocycles. The van der Waals surface area contributed by atoms with Gasteiger partial charge in [-0.1, -0.05) is 30.3 Å². The van der Waals surface area contributed by atoms with E-state index in [1.165, 1.54) is 0 Å². The van der Waals surface area contributed by atoms with Crippen molar-refractivity contribution in [3.05, 3.63) is 89.7 Å². The first-order valence-corrected chi connectivity index (χ1v) is 9.85. The van der Waals surface area contributed by atoms with Gasteiger partial charge in [0, 0.05) is 11.9 Å². The number of rotatable bonds is 6. The van der Waals surface area contributed by atoms with E-state index >= 15 is 0 Å². The van der Waals surface area contributed by atoms with Gasteiger partial charge in [-0.15, -0.1) is 0 Å². The molecule has 2 amide bonds. The molecule has 2 atom stereocenters. The van der Waals surface area contributed by atoms with Crippen LogP contribution in [0.5, 0.6) is 5.75 Å². The Bertz CT molecular complexity index is 1050. The van der Waals surface area contributed by atoms with Gasteiger partial charge in [-0.3, -0.25) is 19.5 Å². The minimum absolute atomic E-state index is 0.130. The standard InChI is InChI=1S/C24H23N3O3/c1-16(17-10-12-19(30-2)13-11-17)26-22(28)15-21-23-20(9-6-14-25-23)24(29)27(21)18-7-4-3-5-8-18/h3-14,16,21H,15H2,1-2H3,(H,26,28)/t16-,21+/m1/s1. The Morgan fingerprint density at radius 3 is 2.53 bits per heavy atom. The minimum atomic E-state index is -0.445. The molecule has 1 aliphatic rings. The number of pyridine rings is 1. The van der Waals surface area contributed by atoms with E-state index in [0.717, 1.165) is 17.0 Å². The third-order valence-corrected chi connectivity index (χ3v) is 5.32. The number of aromatic nitrogens is 1. The number of methoxy groups -OCH3 is 1. The molecule has 0 spiro atoms. The predicted molar refractivity (Wildman–Crippen MR) is 114 cm³/mol. The Hall–Kier alpha value is -3.67. The fourth-order valence-corrected chi connectivity index (χ4v) is 3.78. The average molecular weight is 401 g/mol. The summed E-state index contributed by atoms with van der Waals surface area (Å²) in [6.45, 7) is 1.93. The van der Waals surface area contributed by atoms with Gasteiger partial charge in [0.05, 0.1) is 36.9 Å². The van der Waals surface area contributed by atoms with Crippen LogP contribution in [0, 0.1) is 0 Å². The average Bonchev–Trinajstić information content (AvgIpc) is 3.06. The molecule has 152 valence electrons. The fraction of sp³-hybridized carbons (Fsp3) is 0.208. The number of benzene rings is 2. The van der Waals surface area contributed by atoms with Crippen molar-refractivity contribution in [2.24, 2.45) is 0 Å². The highest BCUT2D eigenvalue weighted by Crippen LogP contribution is 2.38. The van der Waals surface area contributed by atoms with E-state index in [9.17, 15) is 9.59 Å². The zero-order chi connectivity index (χ0) is 21.1. The van der Waals surface area contributed by atoms with Crippen LogP contribution >= 0.6 is 0 Å². The molecule has 4 rings (SSSR count). The SMILES string of the molecule is COc1ccc([C@@H](C)NC(=O)C[C@H]2c3ncccc3C(=O)N2c2ccccc2)cc1. The number of ether oxygens (including phenoxy) is 1. The molecule has 3 aromatic rings. The smallest absolute Gasteiger partial charge is 0.260 e. The third kappa shape index (κ3) is 3.76. The minimum Gasteiger partial charge on any atom is -0.497 e. The van der Waals surface area contributed by atoms with Crippen molar-refractivity contribution in [3.8, 4) is 5.75 Å². The quantitative estimate of drug-likeness (QED) is 0.676. The van der Waals surface area contributed by atoms with Gasteiger partial charge in [-0.2, -0.15) is 0 Å². The summed E-state index contributed by atoms with van der Waals surface area (Å²) in [4.78, 5) is 32.0. The summed E-state index contributed by atoms with van der Waals surface area (Å²) in [5.41, 5.74) is 2.91. The van der Waals surface area contributed by atoms with Gasteiger partial charge in [0.2, 0.25) is 5.91 Å². The summed E-state index contributed by atoms with van der Waals surface area (Å²) in [6, 6.07) is 19.9. The molecule has 1 aliphatic heterocycles. The van der Waals surface area contributed by atoms with Crippen molar-refractivity contribution < 1.29 is 14.3 Å². The van der Waals surface area contributed by atoms with Gasteiger partial charge in [-0.25, -0.2) is 0 Å². The van der Waals surface area contributed by atoms with Crippen LogP contribution in [0.1, 0.15) is 47.0 Å². The highest BCUT2D eigenvalue weighted by Gasteiger charge is 2.39. The Kier molecular flexibility index (Phi) is 5.48. The van der Waals surface area contributed by atoms with E-state index in [1.54, 1.807) is 30.3 Å². The van der Waals surface area contributed by atoms with Crippen LogP contribution in [0.15, 0.2) is 72.9 Å². The van der Waals surface area contributed by atoms with Crippen molar-refractivity contribution in [1.82, 2.24) is 10.3 Å². The molecule has 0 fully saturated rings. The molecule has 30 heavy (non-hydrogen) atoms. The van der Waals surface area contributed by atoms with Gasteiger partial charge < -0.3 is 10.1 Å². The number of fused-ring (bicyclic) bond motifs is 1. The largest absolute Gasteiger partial charge is 0.497 e. The number of amides is 2. The van der Waals surface area contributed by atoms with Crippen molar-refractivity contribution in [2.75, 3.05) is 12.0 Å². The second kappa shape index (κ2) is 8.37. The number of nitrogens with zero attached hydrogens (tertiary/aromatic N) is 2. The summed E-state index contributed by atoms with van der Waals surface area (Å²) in [6.07, 6.45) is 1.79. The van der Waals surface area contributed by atoms with E-state index in [4.69, 9.17) is 4.74 Å². The van der Waals surface area contributed by atoms with Gasteiger partial charge in [-0.05, 0) is 48.9 Å². The zero-order valence-electron chi connectivity index (χ0n) is 16.9. The lowest BCUT2D eigenvalue weighted by Crippen LogP contribution is -2.34. The Labute approximate surface area is 175 Å². The molecular weight excluding hydrogens is 378 g/mol. The lowest BCUT2D eigenvalue weighted by atomic mass is 10.1. The van der Waals surface area contributed by atoms with Gasteiger partial charge in [0.25, 0.3) is 5.91 Å². The summed E-state index contributed by atoms with van der Waals surface area (Å²) in [7, 11) is 1.62. The first-order chi connectivity index (χ1) is 14.6. The predicted octanol–water partition coefficient (Wildman–Crippen LogP) is 4.06. The van der Waals surface area contributed by atoms with E-state index in [1.807, 2.05) is 61.5 Å². The van der Waals surface area contributed by atoms with Crippen molar-refractivity contribution in [3.63, 3.8) is 0 Å². The molecule has 2 aromatic carbocycles. The number of hydrogen-bond acceptors (Lipinski definition) is 4. The Morgan fingerprint density at radius 2 is 1.83 bits per heavy atom. The van der Waals surface area contributed by atoms with Crippen LogP contribution in [-0.4, -0.2) is 23.9 Å². The van der Waals surface area contributed by atoms with Crippen LogP contribution in [0.3, 0.4) is 0 Å². The first kappa shape index (κ1) is 19.6. The lowest BCUT2D eigenvalue weighted by Gasteiger charge is -2.25. The lowest BCUT2D eigenvalue weighted by molar-refractivity contribution is -0.122. The van der Waals surface area contributed by atoms with E-state index in [2.05, 4.69) is 10.3 Å². The first-order valence-electron chi connectivity index (χ1n) is 9.85. The monoisotopic (exact) mass is 401 g/mol. The number of anilines is 1. The van der Waals surface area contributed by atoms with Crippen LogP contribution in [0.25, 0.3) is 0 Å². The maximum atomic E-state index is 13.0. The summed E-state index contributed by atoms with van der Waals surface area (Å²) < 4.78 is 5.18. The molecule has 1 aromatic heterocycles. The van der Waals surface area contributed by atoms with Crippen LogP contribution in [0.2, 0.25) is 0 Å². The number of hydrogen-bond donors (Lipinski definition) is 1. The molecule has 1 N–H and O–H groups in total. The number of para-hydroxylation sites is 1. The molecule has 6 nitrogen and oxygen atoms in total. The number of carbonyl (C=O) groups is 2. The van der Waals surface area contributed by atoms with Crippen LogP contribution in [0.4, 0.5) is 5.69 Å². The summed E-state index contributed by atoms with van der Waals surface area (Å²) in [5, 5.41) is 3.03. The zero-order valence-corrected chi connectivity index (χ0v) is 16.9. The topological polar surface area (TPSA) is 71.5 Å². The molecular formula is C24H23N3O3. The third-order valence-electron chi connectivity index (χ3n) is 5.32. The summed E-state index contributed by atoms with van der Waals surface area (Å²) in [5.74, 6) is 0.490. The van der Waals surface area contributed by atoms with Crippen molar-refractivity contribution in [1.29, 1.82) is 0 Å². The molecule has 0 saturated carbocycles. The molecule has 0 unspecified atom stereocenters. The highest BCUT2D eigenvalue weighted by atomic mass is 16.5. The molecule has 0 radical (unpaired) electrons. The highest BCUT2D eigenvalue weighted by molar-refractivity contribution is 6.11. The van der Waals surface area contributed by atoms with E-state index in [-0.39, 0.29) is 24.3 Å². The van der Waals surface area contributed by atoms with Gasteiger partial charge >= 0.3 is 0 Å². The van der Waals surface area contributed by atoms with Crippen LogP contribution < -0.4 is 15.0 Å². The van der Waals surface area contributed by atoms with Gasteiger partial charge in [0.15, 0.2) is 0 Å². The van der Waals surface area contributed by atoms with E-state index in [0.29, 0.717) is 11.3 Å². The Balaban J connectivity index is 1.54. The molecule has 0 aliphatic carbocycles. The molecule has 0 bridgehead atoms. The van der Waals surface area contributed by atoms with E-state index < -0.39 is 6.04 Å². The maximum Gasteiger partial charge on any atom is 0.260 e. The van der Waals surface area contributed by atoms with Crippen molar-refractivity contribution >= 4 is 17.5 Å². The maximum absolute atomic E-state index is 13.0.